The molecule has 0 radical (unpaired) electrons. The normalized spacial score (nSPS) is 18.5. The second-order valence-corrected chi connectivity index (χ2v) is 11.2. The maximum Gasteiger partial charge on any atom is 0.233 e. The molecule has 1 aliphatic carbocycles. The van der Waals surface area contributed by atoms with E-state index in [4.69, 9.17) is 4.42 Å². The summed E-state index contributed by atoms with van der Waals surface area (Å²) < 4.78 is 7.53. The molecule has 0 bridgehead atoms. The Morgan fingerprint density at radius 1 is 1.08 bits per heavy atom. The van der Waals surface area contributed by atoms with E-state index in [9.17, 15) is 9.59 Å². The first kappa shape index (κ1) is 25.6. The van der Waals surface area contributed by atoms with Gasteiger partial charge in [-0.25, -0.2) is 0 Å². The number of thioether (sulfide) groups is 1. The Kier molecular flexibility index (Phi) is 7.98. The van der Waals surface area contributed by atoms with Crippen LogP contribution in [-0.2, 0) is 9.59 Å². The highest BCUT2D eigenvalue weighted by molar-refractivity contribution is 7.99. The second kappa shape index (κ2) is 11.5. The van der Waals surface area contributed by atoms with Gasteiger partial charge in [-0.2, -0.15) is 0 Å². The van der Waals surface area contributed by atoms with E-state index in [0.717, 1.165) is 17.7 Å². The first-order valence-corrected chi connectivity index (χ1v) is 14.2. The molecule has 2 aromatic heterocycles. The van der Waals surface area contributed by atoms with Crippen LogP contribution < -0.4 is 0 Å². The highest BCUT2D eigenvalue weighted by Gasteiger charge is 2.30. The van der Waals surface area contributed by atoms with Crippen molar-refractivity contribution in [3.63, 3.8) is 0 Å². The third kappa shape index (κ3) is 5.92. The zero-order valence-electron chi connectivity index (χ0n) is 21.6. The fraction of sp³-hybridized carbons (Fsp3) is 0.500. The number of rotatable bonds is 8. The van der Waals surface area contributed by atoms with Gasteiger partial charge in [0.2, 0.25) is 17.6 Å². The van der Waals surface area contributed by atoms with E-state index in [-0.39, 0.29) is 23.6 Å². The first-order chi connectivity index (χ1) is 18.0. The number of benzene rings is 1. The van der Waals surface area contributed by atoms with E-state index in [0.29, 0.717) is 48.7 Å². The Balaban J connectivity index is 1.21. The summed E-state index contributed by atoms with van der Waals surface area (Å²) >= 11 is 1.37. The van der Waals surface area contributed by atoms with Crippen molar-refractivity contribution in [1.82, 2.24) is 24.6 Å². The van der Waals surface area contributed by atoms with Gasteiger partial charge in [0.1, 0.15) is 0 Å². The van der Waals surface area contributed by atoms with Crippen LogP contribution in [0.15, 0.2) is 52.2 Å². The molecule has 9 heteroatoms. The third-order valence-corrected chi connectivity index (χ3v) is 8.41. The van der Waals surface area contributed by atoms with Crippen molar-refractivity contribution in [1.29, 1.82) is 0 Å². The van der Waals surface area contributed by atoms with Gasteiger partial charge >= 0.3 is 0 Å². The molecule has 3 heterocycles. The van der Waals surface area contributed by atoms with Gasteiger partial charge in [-0.3, -0.25) is 14.2 Å². The van der Waals surface area contributed by atoms with Crippen molar-refractivity contribution in [2.75, 3.05) is 25.4 Å². The van der Waals surface area contributed by atoms with Gasteiger partial charge in [0.15, 0.2) is 10.9 Å². The lowest BCUT2D eigenvalue weighted by molar-refractivity contribution is -0.141. The van der Waals surface area contributed by atoms with E-state index in [1.54, 1.807) is 6.26 Å². The smallest absolute Gasteiger partial charge is 0.233 e. The van der Waals surface area contributed by atoms with Gasteiger partial charge in [-0.1, -0.05) is 49.6 Å². The largest absolute Gasteiger partial charge is 0.461 e. The molecule has 1 atom stereocenters. The van der Waals surface area contributed by atoms with Crippen molar-refractivity contribution in [3.05, 3.63) is 48.2 Å². The lowest BCUT2D eigenvalue weighted by atomic mass is 10.0. The number of aryl methyl sites for hydroxylation is 1. The topological polar surface area (TPSA) is 84.5 Å². The molecule has 2 fully saturated rings. The van der Waals surface area contributed by atoms with Crippen LogP contribution in [0.5, 0.6) is 0 Å². The van der Waals surface area contributed by atoms with Gasteiger partial charge < -0.3 is 14.2 Å². The van der Waals surface area contributed by atoms with E-state index in [2.05, 4.69) is 16.3 Å². The number of hydrogen-bond acceptors (Lipinski definition) is 6. The second-order valence-electron chi connectivity index (χ2n) is 10.2. The Labute approximate surface area is 222 Å². The number of aromatic nitrogens is 3. The summed E-state index contributed by atoms with van der Waals surface area (Å²) in [7, 11) is 0. The monoisotopic (exact) mass is 521 g/mol. The summed E-state index contributed by atoms with van der Waals surface area (Å²) in [5.41, 5.74) is 2.04. The summed E-state index contributed by atoms with van der Waals surface area (Å²) in [4.78, 5) is 29.8. The van der Waals surface area contributed by atoms with Crippen LogP contribution in [0.25, 0.3) is 17.3 Å². The van der Waals surface area contributed by atoms with Crippen LogP contribution in [0.4, 0.5) is 0 Å². The van der Waals surface area contributed by atoms with E-state index < -0.39 is 0 Å². The maximum atomic E-state index is 13.2. The Morgan fingerprint density at radius 3 is 2.65 bits per heavy atom. The standard InChI is InChI=1S/C28H35N5O3S/c1-20-7-5-10-23(17-20)33-27(24-11-6-16-36-24)29-30-28(33)37-19-26(35)31-14-15-32(21(2)18-31)25(34)13-12-22-8-3-4-9-22/h5-7,10-11,16-17,21-22H,3-4,8-9,12-15,18-19H2,1-2H3. The zero-order valence-corrected chi connectivity index (χ0v) is 22.5. The van der Waals surface area contributed by atoms with E-state index in [1.165, 1.54) is 37.4 Å². The number of carbonyl (C=O) groups excluding carboxylic acids is 2. The first-order valence-electron chi connectivity index (χ1n) is 13.3. The predicted octanol–water partition coefficient (Wildman–Crippen LogP) is 4.96. The molecule has 2 amide bonds. The van der Waals surface area contributed by atoms with Crippen molar-refractivity contribution >= 4 is 23.6 Å². The quantitative estimate of drug-likeness (QED) is 0.390. The Morgan fingerprint density at radius 2 is 1.92 bits per heavy atom. The van der Waals surface area contributed by atoms with E-state index >= 15 is 0 Å². The third-order valence-electron chi connectivity index (χ3n) is 7.50. The Bertz CT molecular complexity index is 1220. The maximum absolute atomic E-state index is 13.2. The van der Waals surface area contributed by atoms with Crippen LogP contribution >= 0.6 is 11.8 Å². The molecule has 1 unspecified atom stereocenters. The minimum atomic E-state index is 0.0280. The fourth-order valence-corrected chi connectivity index (χ4v) is 6.33. The molecule has 196 valence electrons. The SMILES string of the molecule is Cc1cccc(-n2c(SCC(=O)N3CCN(C(=O)CCC4CCCC4)C(C)C3)nnc2-c2ccco2)c1. The van der Waals surface area contributed by atoms with Gasteiger partial charge in [-0.15, -0.1) is 10.2 Å². The molecule has 8 nitrogen and oxygen atoms in total. The van der Waals surface area contributed by atoms with Crippen molar-refractivity contribution in [2.45, 2.75) is 63.6 Å². The number of amides is 2. The number of hydrogen-bond donors (Lipinski definition) is 0. The molecule has 3 aromatic rings. The molecule has 1 aliphatic heterocycles. The number of carbonyl (C=O) groups is 2. The Hall–Kier alpha value is -3.07. The van der Waals surface area contributed by atoms with E-state index in [1.807, 2.05) is 58.5 Å². The van der Waals surface area contributed by atoms with Gasteiger partial charge in [-0.05, 0) is 56.0 Å². The molecule has 2 aliphatic rings. The highest BCUT2D eigenvalue weighted by atomic mass is 32.2. The summed E-state index contributed by atoms with van der Waals surface area (Å²) in [5.74, 6) is 2.48. The molecule has 37 heavy (non-hydrogen) atoms. The number of furan rings is 1. The lowest BCUT2D eigenvalue weighted by Gasteiger charge is -2.40. The van der Waals surface area contributed by atoms with Crippen molar-refractivity contribution < 1.29 is 14.0 Å². The highest BCUT2D eigenvalue weighted by Crippen LogP contribution is 2.30. The van der Waals surface area contributed by atoms with Crippen LogP contribution in [0.2, 0.25) is 0 Å². The average Bonchev–Trinajstić information content (AvgIpc) is 3.67. The summed E-state index contributed by atoms with van der Waals surface area (Å²) in [6.45, 7) is 5.82. The van der Waals surface area contributed by atoms with Crippen molar-refractivity contribution in [3.8, 4) is 17.3 Å². The number of piperazine rings is 1. The predicted molar refractivity (Wildman–Crippen MR) is 143 cm³/mol. The van der Waals surface area contributed by atoms with Gasteiger partial charge in [0, 0.05) is 32.1 Å². The van der Waals surface area contributed by atoms with Gasteiger partial charge in [0.25, 0.3) is 0 Å². The van der Waals surface area contributed by atoms with Crippen LogP contribution in [0.1, 0.15) is 51.0 Å². The summed E-state index contributed by atoms with van der Waals surface area (Å²) in [6, 6.07) is 11.8. The molecule has 0 N–H and O–H groups in total. The molecule has 5 rings (SSSR count). The fourth-order valence-electron chi connectivity index (χ4n) is 5.47. The van der Waals surface area contributed by atoms with Crippen molar-refractivity contribution in [2.24, 2.45) is 5.92 Å². The van der Waals surface area contributed by atoms with Crippen LogP contribution in [0, 0.1) is 12.8 Å². The summed E-state index contributed by atoms with van der Waals surface area (Å²) in [6.07, 6.45) is 8.39. The molecule has 1 saturated heterocycles. The zero-order chi connectivity index (χ0) is 25.8. The van der Waals surface area contributed by atoms with Crippen LogP contribution in [0.3, 0.4) is 0 Å². The molecular formula is C28H35N5O3S. The molecule has 0 spiro atoms. The molecular weight excluding hydrogens is 486 g/mol. The molecule has 1 saturated carbocycles. The molecule has 1 aromatic carbocycles. The average molecular weight is 522 g/mol. The summed E-state index contributed by atoms with van der Waals surface area (Å²) in [5, 5.41) is 9.40. The van der Waals surface area contributed by atoms with Gasteiger partial charge in [0.05, 0.1) is 17.7 Å². The minimum Gasteiger partial charge on any atom is -0.461 e. The minimum absolute atomic E-state index is 0.0280. The van der Waals surface area contributed by atoms with Crippen LogP contribution in [-0.4, -0.2) is 67.8 Å². The lowest BCUT2D eigenvalue weighted by Crippen LogP contribution is -2.55. The number of nitrogens with zero attached hydrogens (tertiary/aromatic N) is 5.